The van der Waals surface area contributed by atoms with Crippen LogP contribution >= 0.6 is 11.6 Å². The third kappa shape index (κ3) is 3.83. The number of nitrogens with zero attached hydrogens (tertiary/aromatic N) is 2. The Kier molecular flexibility index (Phi) is 4.99. The number of piperidine rings is 1. The molecule has 0 spiro atoms. The Morgan fingerprint density at radius 1 is 1.12 bits per heavy atom. The van der Waals surface area contributed by atoms with Crippen LogP contribution in [0.4, 0.5) is 10.5 Å². The smallest absolute Gasteiger partial charge is 0.317 e. The van der Waals surface area contributed by atoms with Crippen molar-refractivity contribution in [2.75, 3.05) is 24.5 Å². The zero-order valence-electron chi connectivity index (χ0n) is 14.2. The van der Waals surface area contributed by atoms with E-state index in [0.29, 0.717) is 29.8 Å². The highest BCUT2D eigenvalue weighted by atomic mass is 35.5. The lowest BCUT2D eigenvalue weighted by Gasteiger charge is -2.35. The van der Waals surface area contributed by atoms with Crippen molar-refractivity contribution < 1.29 is 9.59 Å². The number of rotatable bonds is 2. The zero-order valence-corrected chi connectivity index (χ0v) is 14.9. The molecule has 0 bridgehead atoms. The summed E-state index contributed by atoms with van der Waals surface area (Å²) < 4.78 is 0. The lowest BCUT2D eigenvalue weighted by molar-refractivity contribution is -0.117. The summed E-state index contributed by atoms with van der Waals surface area (Å²) in [6.45, 7) is 6.44. The summed E-state index contributed by atoms with van der Waals surface area (Å²) in [6.07, 6.45) is 1.50. The first-order chi connectivity index (χ1) is 11.4. The quantitative estimate of drug-likeness (QED) is 0.891. The molecule has 1 aromatic carbocycles. The summed E-state index contributed by atoms with van der Waals surface area (Å²) in [5.74, 6) is 1.08. The zero-order chi connectivity index (χ0) is 17.3. The van der Waals surface area contributed by atoms with E-state index < -0.39 is 0 Å². The molecular weight excluding hydrogens is 326 g/mol. The number of carbonyl (C=O) groups is 2. The lowest BCUT2D eigenvalue weighted by atomic mass is 9.92. The van der Waals surface area contributed by atoms with Crippen LogP contribution in [0.3, 0.4) is 0 Å². The SMILES string of the molecule is CC1CC(C)CN(C(=O)NC2CC(=O)N(c3ccc(Cl)cc3)C2)C1. The maximum absolute atomic E-state index is 12.5. The fourth-order valence-corrected chi connectivity index (χ4v) is 3.90. The molecule has 130 valence electrons. The highest BCUT2D eigenvalue weighted by Crippen LogP contribution is 2.24. The van der Waals surface area contributed by atoms with Crippen molar-refractivity contribution in [3.63, 3.8) is 0 Å². The van der Waals surface area contributed by atoms with Gasteiger partial charge in [0, 0.05) is 36.8 Å². The molecule has 0 aromatic heterocycles. The van der Waals surface area contributed by atoms with Crippen molar-refractivity contribution >= 4 is 29.2 Å². The highest BCUT2D eigenvalue weighted by molar-refractivity contribution is 6.30. The molecule has 0 saturated carbocycles. The van der Waals surface area contributed by atoms with Crippen molar-refractivity contribution in [3.05, 3.63) is 29.3 Å². The van der Waals surface area contributed by atoms with Gasteiger partial charge in [-0.05, 0) is 42.5 Å². The van der Waals surface area contributed by atoms with E-state index in [4.69, 9.17) is 11.6 Å². The summed E-state index contributed by atoms with van der Waals surface area (Å²) in [5.41, 5.74) is 0.821. The Bertz CT molecular complexity index is 609. The van der Waals surface area contributed by atoms with E-state index in [1.807, 2.05) is 17.0 Å². The van der Waals surface area contributed by atoms with E-state index >= 15 is 0 Å². The topological polar surface area (TPSA) is 52.7 Å². The molecule has 5 nitrogen and oxygen atoms in total. The van der Waals surface area contributed by atoms with Gasteiger partial charge in [0.2, 0.25) is 5.91 Å². The van der Waals surface area contributed by atoms with Crippen LogP contribution in [-0.4, -0.2) is 42.5 Å². The van der Waals surface area contributed by atoms with E-state index in [2.05, 4.69) is 19.2 Å². The molecule has 3 unspecified atom stereocenters. The normalized spacial score (nSPS) is 27.5. The second kappa shape index (κ2) is 7.01. The molecule has 3 atom stereocenters. The molecule has 0 radical (unpaired) electrons. The molecule has 3 rings (SSSR count). The number of urea groups is 1. The third-order valence-electron chi connectivity index (χ3n) is 4.75. The van der Waals surface area contributed by atoms with Crippen molar-refractivity contribution in [1.82, 2.24) is 10.2 Å². The van der Waals surface area contributed by atoms with Crippen molar-refractivity contribution in [2.45, 2.75) is 32.7 Å². The first-order valence-electron chi connectivity index (χ1n) is 8.53. The Morgan fingerprint density at radius 3 is 2.38 bits per heavy atom. The second-order valence-electron chi connectivity index (χ2n) is 7.18. The molecule has 2 fully saturated rings. The fraction of sp³-hybridized carbons (Fsp3) is 0.556. The Balaban J connectivity index is 1.59. The van der Waals surface area contributed by atoms with Gasteiger partial charge in [-0.15, -0.1) is 0 Å². The Labute approximate surface area is 147 Å². The largest absolute Gasteiger partial charge is 0.333 e. The van der Waals surface area contributed by atoms with Crippen LogP contribution in [-0.2, 0) is 4.79 Å². The van der Waals surface area contributed by atoms with Crippen LogP contribution in [0.2, 0.25) is 5.02 Å². The van der Waals surface area contributed by atoms with Gasteiger partial charge >= 0.3 is 6.03 Å². The number of likely N-dealkylation sites (tertiary alicyclic amines) is 1. The number of benzene rings is 1. The van der Waals surface area contributed by atoms with Crippen LogP contribution < -0.4 is 10.2 Å². The van der Waals surface area contributed by atoms with Gasteiger partial charge in [0.15, 0.2) is 0 Å². The predicted molar refractivity (Wildman–Crippen MR) is 95.3 cm³/mol. The number of amides is 3. The molecule has 2 aliphatic rings. The van der Waals surface area contributed by atoms with Crippen molar-refractivity contribution in [1.29, 1.82) is 0 Å². The number of hydrogen-bond acceptors (Lipinski definition) is 2. The van der Waals surface area contributed by atoms with Crippen LogP contribution in [0.25, 0.3) is 0 Å². The number of carbonyl (C=O) groups excluding carboxylic acids is 2. The van der Waals surface area contributed by atoms with E-state index in [9.17, 15) is 9.59 Å². The maximum Gasteiger partial charge on any atom is 0.317 e. The molecule has 1 aromatic rings. The summed E-state index contributed by atoms with van der Waals surface area (Å²) in [7, 11) is 0. The minimum absolute atomic E-state index is 0.0306. The first-order valence-corrected chi connectivity index (χ1v) is 8.91. The lowest BCUT2D eigenvalue weighted by Crippen LogP contribution is -2.50. The van der Waals surface area contributed by atoms with Crippen LogP contribution in [0.5, 0.6) is 0 Å². The molecule has 1 N–H and O–H groups in total. The summed E-state index contributed by atoms with van der Waals surface area (Å²) in [6, 6.07) is 7.01. The van der Waals surface area contributed by atoms with Gasteiger partial charge < -0.3 is 15.1 Å². The minimum atomic E-state index is -0.145. The summed E-state index contributed by atoms with van der Waals surface area (Å²) >= 11 is 5.90. The van der Waals surface area contributed by atoms with Gasteiger partial charge in [0.05, 0.1) is 6.04 Å². The Hall–Kier alpha value is -1.75. The van der Waals surface area contributed by atoms with E-state index in [0.717, 1.165) is 25.2 Å². The van der Waals surface area contributed by atoms with E-state index in [-0.39, 0.29) is 18.0 Å². The summed E-state index contributed by atoms with van der Waals surface area (Å²) in [4.78, 5) is 28.4. The molecule has 24 heavy (non-hydrogen) atoms. The molecule has 3 amide bonds. The number of anilines is 1. The highest BCUT2D eigenvalue weighted by Gasteiger charge is 2.33. The monoisotopic (exact) mass is 349 g/mol. The van der Waals surface area contributed by atoms with Gasteiger partial charge in [-0.2, -0.15) is 0 Å². The average molecular weight is 350 g/mol. The maximum atomic E-state index is 12.5. The molecule has 0 aliphatic carbocycles. The minimum Gasteiger partial charge on any atom is -0.333 e. The van der Waals surface area contributed by atoms with E-state index in [1.165, 1.54) is 0 Å². The molecule has 2 aliphatic heterocycles. The molecular formula is C18H24ClN3O2. The third-order valence-corrected chi connectivity index (χ3v) is 5.00. The van der Waals surface area contributed by atoms with Gasteiger partial charge in [-0.25, -0.2) is 4.79 Å². The van der Waals surface area contributed by atoms with Crippen LogP contribution in [0.15, 0.2) is 24.3 Å². The average Bonchev–Trinajstić information content (AvgIpc) is 2.87. The van der Waals surface area contributed by atoms with Crippen molar-refractivity contribution in [3.8, 4) is 0 Å². The number of nitrogens with one attached hydrogen (secondary N) is 1. The number of hydrogen-bond donors (Lipinski definition) is 1. The number of halogens is 1. The Morgan fingerprint density at radius 2 is 1.75 bits per heavy atom. The van der Waals surface area contributed by atoms with Crippen molar-refractivity contribution in [2.24, 2.45) is 11.8 Å². The summed E-state index contributed by atoms with van der Waals surface area (Å²) in [5, 5.41) is 3.67. The van der Waals surface area contributed by atoms with Gasteiger partial charge in [-0.1, -0.05) is 25.4 Å². The predicted octanol–water partition coefficient (Wildman–Crippen LogP) is 3.13. The second-order valence-corrected chi connectivity index (χ2v) is 7.62. The van der Waals surface area contributed by atoms with E-state index in [1.54, 1.807) is 17.0 Å². The van der Waals surface area contributed by atoms with Crippen LogP contribution in [0, 0.1) is 11.8 Å². The molecule has 2 saturated heterocycles. The molecule has 6 heteroatoms. The van der Waals surface area contributed by atoms with Gasteiger partial charge in [0.1, 0.15) is 0 Å². The fourth-order valence-electron chi connectivity index (χ4n) is 3.77. The molecule has 2 heterocycles. The van der Waals surface area contributed by atoms with Gasteiger partial charge in [0.25, 0.3) is 0 Å². The standard InChI is InChI=1S/C18H24ClN3O2/c1-12-7-13(2)10-21(9-12)18(24)20-15-8-17(23)22(11-15)16-5-3-14(19)4-6-16/h3-6,12-13,15H,7-11H2,1-2H3,(H,20,24). The first kappa shape index (κ1) is 17.1. The van der Waals surface area contributed by atoms with Crippen LogP contribution in [0.1, 0.15) is 26.7 Å². The van der Waals surface area contributed by atoms with Gasteiger partial charge in [-0.3, -0.25) is 4.79 Å².